The molecule has 1 aliphatic rings. The number of aryl methyl sites for hydroxylation is 1. The molecular weight excluding hydrogens is 307 g/mol. The first-order chi connectivity index (χ1) is 10.4. The van der Waals surface area contributed by atoms with E-state index in [4.69, 9.17) is 0 Å². The predicted octanol–water partition coefficient (Wildman–Crippen LogP) is 1.82. The van der Waals surface area contributed by atoms with Crippen molar-refractivity contribution in [3.05, 3.63) is 29.6 Å². The van der Waals surface area contributed by atoms with Crippen LogP contribution in [0.5, 0.6) is 0 Å². The van der Waals surface area contributed by atoms with Gasteiger partial charge in [-0.15, -0.1) is 0 Å². The lowest BCUT2D eigenvalue weighted by atomic mass is 10.2. The Morgan fingerprint density at radius 3 is 2.77 bits per heavy atom. The quantitative estimate of drug-likeness (QED) is 0.896. The fraction of sp³-hybridized carbons (Fsp3) is 0.533. The molecule has 0 aromatic heterocycles. The molecule has 1 aromatic rings. The van der Waals surface area contributed by atoms with Crippen molar-refractivity contribution in [3.63, 3.8) is 0 Å². The van der Waals surface area contributed by atoms with Crippen LogP contribution in [0.25, 0.3) is 0 Å². The number of carbonyl (C=O) groups is 1. The number of likely N-dealkylation sites (tertiary alicyclic amines) is 1. The second-order valence-corrected chi connectivity index (χ2v) is 7.23. The fourth-order valence-electron chi connectivity index (χ4n) is 2.58. The molecule has 0 bridgehead atoms. The summed E-state index contributed by atoms with van der Waals surface area (Å²) in [6, 6.07) is 3.57. The summed E-state index contributed by atoms with van der Waals surface area (Å²) < 4.78 is 40.0. The Balaban J connectivity index is 1.96. The number of amides is 1. The highest BCUT2D eigenvalue weighted by Crippen LogP contribution is 2.16. The van der Waals surface area contributed by atoms with Crippen LogP contribution < -0.4 is 4.72 Å². The van der Waals surface area contributed by atoms with Gasteiger partial charge >= 0.3 is 0 Å². The largest absolute Gasteiger partial charge is 0.341 e. The van der Waals surface area contributed by atoms with E-state index in [1.807, 2.05) is 0 Å². The fourth-order valence-corrected chi connectivity index (χ4v) is 3.83. The van der Waals surface area contributed by atoms with E-state index in [-0.39, 0.29) is 17.3 Å². The Morgan fingerprint density at radius 2 is 2.05 bits per heavy atom. The van der Waals surface area contributed by atoms with Gasteiger partial charge in [-0.2, -0.15) is 0 Å². The monoisotopic (exact) mass is 328 g/mol. The summed E-state index contributed by atoms with van der Waals surface area (Å²) in [5.41, 5.74) is 0.360. The Morgan fingerprint density at radius 1 is 1.27 bits per heavy atom. The van der Waals surface area contributed by atoms with Crippen molar-refractivity contribution in [2.45, 2.75) is 37.5 Å². The highest BCUT2D eigenvalue weighted by atomic mass is 32.2. The summed E-state index contributed by atoms with van der Waals surface area (Å²) in [4.78, 5) is 13.6. The molecule has 0 atom stereocenters. The Bertz CT molecular complexity index is 646. The highest BCUT2D eigenvalue weighted by Gasteiger charge is 2.19. The molecule has 1 N–H and O–H groups in total. The van der Waals surface area contributed by atoms with Crippen molar-refractivity contribution < 1.29 is 17.6 Å². The van der Waals surface area contributed by atoms with Crippen LogP contribution in [0, 0.1) is 12.7 Å². The van der Waals surface area contributed by atoms with Gasteiger partial charge in [0.15, 0.2) is 0 Å². The van der Waals surface area contributed by atoms with E-state index in [1.165, 1.54) is 12.1 Å². The van der Waals surface area contributed by atoms with E-state index in [9.17, 15) is 17.6 Å². The van der Waals surface area contributed by atoms with Gasteiger partial charge in [0.05, 0.1) is 4.90 Å². The molecule has 1 heterocycles. The van der Waals surface area contributed by atoms with Gasteiger partial charge in [0, 0.05) is 26.1 Å². The highest BCUT2D eigenvalue weighted by molar-refractivity contribution is 7.89. The molecule has 22 heavy (non-hydrogen) atoms. The van der Waals surface area contributed by atoms with Gasteiger partial charge in [-0.25, -0.2) is 17.5 Å². The van der Waals surface area contributed by atoms with Gasteiger partial charge in [-0.05, 0) is 43.5 Å². The minimum absolute atomic E-state index is 0.0658. The van der Waals surface area contributed by atoms with Crippen molar-refractivity contribution in [3.8, 4) is 0 Å². The zero-order chi connectivity index (χ0) is 16.2. The molecular formula is C15H21FN2O3S. The molecule has 7 heteroatoms. The van der Waals surface area contributed by atoms with E-state index in [0.29, 0.717) is 25.1 Å². The molecule has 5 nitrogen and oxygen atoms in total. The average molecular weight is 328 g/mol. The van der Waals surface area contributed by atoms with Crippen molar-refractivity contribution in [1.29, 1.82) is 0 Å². The molecule has 0 spiro atoms. The number of rotatable bonds is 5. The number of sulfonamides is 1. The molecule has 0 aliphatic carbocycles. The minimum atomic E-state index is -3.69. The third kappa shape index (κ3) is 4.27. The smallest absolute Gasteiger partial charge is 0.240 e. The summed E-state index contributed by atoms with van der Waals surface area (Å²) in [5, 5.41) is 0. The topological polar surface area (TPSA) is 66.5 Å². The zero-order valence-electron chi connectivity index (χ0n) is 12.6. The van der Waals surface area contributed by atoms with E-state index in [1.54, 1.807) is 11.8 Å². The number of carbonyl (C=O) groups excluding carboxylic acids is 1. The first-order valence-electron chi connectivity index (χ1n) is 7.44. The normalized spacial score (nSPS) is 16.6. The average Bonchev–Trinajstić information content (AvgIpc) is 2.63. The Hall–Kier alpha value is -1.47. The summed E-state index contributed by atoms with van der Waals surface area (Å²) >= 11 is 0. The van der Waals surface area contributed by atoms with E-state index in [2.05, 4.69) is 4.72 Å². The first kappa shape index (κ1) is 16.9. The number of nitrogens with one attached hydrogen (secondary N) is 1. The lowest BCUT2D eigenvalue weighted by molar-refractivity contribution is -0.130. The lowest BCUT2D eigenvalue weighted by Gasteiger charge is -2.20. The van der Waals surface area contributed by atoms with Crippen molar-refractivity contribution in [2.75, 3.05) is 19.6 Å². The molecule has 2 rings (SSSR count). The maximum Gasteiger partial charge on any atom is 0.240 e. The van der Waals surface area contributed by atoms with Gasteiger partial charge in [-0.1, -0.05) is 6.42 Å². The van der Waals surface area contributed by atoms with Crippen molar-refractivity contribution in [2.24, 2.45) is 0 Å². The maximum atomic E-state index is 13.1. The minimum Gasteiger partial charge on any atom is -0.341 e. The van der Waals surface area contributed by atoms with Crippen LogP contribution >= 0.6 is 0 Å². The van der Waals surface area contributed by atoms with Crippen molar-refractivity contribution in [1.82, 2.24) is 9.62 Å². The number of nitrogens with zero attached hydrogens (tertiary/aromatic N) is 1. The molecule has 1 amide bonds. The second kappa shape index (κ2) is 7.19. The van der Waals surface area contributed by atoms with Gasteiger partial charge in [0.1, 0.15) is 5.82 Å². The SMILES string of the molecule is Cc1cc(F)ccc1S(=O)(=O)NCCN1CCCCCC1=O. The standard InChI is InChI=1S/C15H21FN2O3S/c1-12-11-13(16)6-7-14(12)22(20,21)17-8-10-18-9-4-2-3-5-15(18)19/h6-7,11,17H,2-5,8-10H2,1H3. The first-order valence-corrected chi connectivity index (χ1v) is 8.92. The van der Waals surface area contributed by atoms with Crippen LogP contribution in [0.1, 0.15) is 31.2 Å². The van der Waals surface area contributed by atoms with E-state index in [0.717, 1.165) is 25.3 Å². The second-order valence-electron chi connectivity index (χ2n) is 5.50. The third-order valence-corrected chi connectivity index (χ3v) is 5.39. The number of halogens is 1. The van der Waals surface area contributed by atoms with Crippen LogP contribution in [0.3, 0.4) is 0 Å². The van der Waals surface area contributed by atoms with Crippen LogP contribution in [0.15, 0.2) is 23.1 Å². The van der Waals surface area contributed by atoms with Crippen LogP contribution in [0.2, 0.25) is 0 Å². The van der Waals surface area contributed by atoms with Crippen molar-refractivity contribution >= 4 is 15.9 Å². The number of hydrogen-bond donors (Lipinski definition) is 1. The Labute approximate surface area is 130 Å². The molecule has 0 radical (unpaired) electrons. The van der Waals surface area contributed by atoms with Crippen LogP contribution in [-0.4, -0.2) is 38.9 Å². The Kier molecular flexibility index (Phi) is 5.52. The zero-order valence-corrected chi connectivity index (χ0v) is 13.5. The summed E-state index contributed by atoms with van der Waals surface area (Å²) in [7, 11) is -3.69. The molecule has 0 saturated carbocycles. The molecule has 122 valence electrons. The lowest BCUT2D eigenvalue weighted by Crippen LogP contribution is -2.38. The van der Waals surface area contributed by atoms with E-state index >= 15 is 0 Å². The number of hydrogen-bond acceptors (Lipinski definition) is 3. The van der Waals surface area contributed by atoms with Crippen LogP contribution in [-0.2, 0) is 14.8 Å². The summed E-state index contributed by atoms with van der Waals surface area (Å²) in [6.07, 6.45) is 3.41. The number of benzene rings is 1. The molecule has 1 saturated heterocycles. The van der Waals surface area contributed by atoms with Crippen LogP contribution in [0.4, 0.5) is 4.39 Å². The van der Waals surface area contributed by atoms with Gasteiger partial charge < -0.3 is 4.90 Å². The van der Waals surface area contributed by atoms with E-state index < -0.39 is 15.8 Å². The molecule has 0 unspecified atom stereocenters. The van der Waals surface area contributed by atoms with Gasteiger partial charge in [0.2, 0.25) is 15.9 Å². The van der Waals surface area contributed by atoms with Gasteiger partial charge in [-0.3, -0.25) is 4.79 Å². The summed E-state index contributed by atoms with van der Waals surface area (Å²) in [6.45, 7) is 2.75. The predicted molar refractivity (Wildman–Crippen MR) is 81.4 cm³/mol. The maximum absolute atomic E-state index is 13.1. The molecule has 1 aromatic carbocycles. The molecule has 1 fully saturated rings. The van der Waals surface area contributed by atoms with Gasteiger partial charge in [0.25, 0.3) is 0 Å². The summed E-state index contributed by atoms with van der Waals surface area (Å²) in [5.74, 6) is -0.388. The molecule has 1 aliphatic heterocycles. The third-order valence-electron chi connectivity index (χ3n) is 3.77.